The van der Waals surface area contributed by atoms with Gasteiger partial charge in [-0.1, -0.05) is 31.0 Å². The molecule has 0 bridgehead atoms. The van der Waals surface area contributed by atoms with E-state index in [-0.39, 0.29) is 16.1 Å². The summed E-state index contributed by atoms with van der Waals surface area (Å²) in [6.45, 7) is 7.40. The zero-order valence-electron chi connectivity index (χ0n) is 15.9. The Kier molecular flexibility index (Phi) is 6.85. The van der Waals surface area contributed by atoms with Crippen LogP contribution in [0.2, 0.25) is 0 Å². The van der Waals surface area contributed by atoms with E-state index in [9.17, 15) is 18.3 Å². The molecule has 0 unspecified atom stereocenters. The minimum Gasteiger partial charge on any atom is -0.478 e. The van der Waals surface area contributed by atoms with Crippen molar-refractivity contribution in [2.24, 2.45) is 0 Å². The molecule has 0 heterocycles. The summed E-state index contributed by atoms with van der Waals surface area (Å²) in [5.74, 6) is -1.10. The first kappa shape index (κ1) is 20.8. The molecule has 2 rings (SSSR count). The van der Waals surface area contributed by atoms with Crippen molar-refractivity contribution >= 4 is 27.4 Å². The topological polar surface area (TPSA) is 86.7 Å². The highest BCUT2D eigenvalue weighted by Crippen LogP contribution is 2.30. The Morgan fingerprint density at radius 2 is 1.78 bits per heavy atom. The number of aryl methyl sites for hydroxylation is 1. The summed E-state index contributed by atoms with van der Waals surface area (Å²) in [5.41, 5.74) is 1.94. The van der Waals surface area contributed by atoms with Gasteiger partial charge in [0.15, 0.2) is 0 Å². The number of rotatable bonds is 9. The van der Waals surface area contributed by atoms with Gasteiger partial charge in [-0.25, -0.2) is 13.2 Å². The smallest absolute Gasteiger partial charge is 0.335 e. The molecule has 0 atom stereocenters. The Morgan fingerprint density at radius 1 is 1.11 bits per heavy atom. The van der Waals surface area contributed by atoms with Crippen LogP contribution in [0.5, 0.6) is 0 Å². The van der Waals surface area contributed by atoms with E-state index in [1.807, 2.05) is 18.7 Å². The fourth-order valence-corrected chi connectivity index (χ4v) is 3.81. The zero-order chi connectivity index (χ0) is 20.0. The van der Waals surface area contributed by atoms with E-state index >= 15 is 0 Å². The second-order valence-corrected chi connectivity index (χ2v) is 8.07. The molecule has 0 aliphatic rings. The number of sulfonamides is 1. The van der Waals surface area contributed by atoms with Gasteiger partial charge in [0.1, 0.15) is 0 Å². The van der Waals surface area contributed by atoms with Gasteiger partial charge in [0.2, 0.25) is 0 Å². The van der Waals surface area contributed by atoms with Crippen LogP contribution >= 0.6 is 0 Å². The van der Waals surface area contributed by atoms with E-state index in [0.29, 0.717) is 12.2 Å². The molecule has 2 aromatic carbocycles. The summed E-state index contributed by atoms with van der Waals surface area (Å²) in [5, 5.41) is 9.29. The molecule has 0 amide bonds. The molecule has 0 saturated heterocycles. The number of carbonyl (C=O) groups is 1. The van der Waals surface area contributed by atoms with Crippen LogP contribution in [0.25, 0.3) is 0 Å². The summed E-state index contributed by atoms with van der Waals surface area (Å²) in [7, 11) is -3.83. The monoisotopic (exact) mass is 390 g/mol. The van der Waals surface area contributed by atoms with Crippen molar-refractivity contribution in [3.05, 3.63) is 53.6 Å². The summed E-state index contributed by atoms with van der Waals surface area (Å²) in [6, 6.07) is 11.1. The van der Waals surface area contributed by atoms with Gasteiger partial charge in [0.05, 0.1) is 21.8 Å². The number of carboxylic acids is 1. The van der Waals surface area contributed by atoms with Gasteiger partial charge in [0.25, 0.3) is 10.0 Å². The van der Waals surface area contributed by atoms with Gasteiger partial charge in [0, 0.05) is 13.1 Å². The lowest BCUT2D eigenvalue weighted by molar-refractivity contribution is 0.0697. The lowest BCUT2D eigenvalue weighted by atomic mass is 10.1. The van der Waals surface area contributed by atoms with E-state index in [2.05, 4.69) is 11.6 Å². The quantitative estimate of drug-likeness (QED) is 0.672. The Balaban J connectivity index is 2.46. The maximum absolute atomic E-state index is 12.8. The van der Waals surface area contributed by atoms with Gasteiger partial charge in [-0.3, -0.25) is 4.72 Å². The van der Waals surface area contributed by atoms with E-state index in [4.69, 9.17) is 0 Å². The number of nitrogens with zero attached hydrogens (tertiary/aromatic N) is 1. The van der Waals surface area contributed by atoms with Gasteiger partial charge in [-0.05, 0) is 50.6 Å². The third-order valence-corrected chi connectivity index (χ3v) is 5.70. The molecule has 146 valence electrons. The molecule has 6 nitrogen and oxygen atoms in total. The molecule has 0 radical (unpaired) electrons. The number of hydrogen-bond donors (Lipinski definition) is 2. The van der Waals surface area contributed by atoms with Gasteiger partial charge >= 0.3 is 5.97 Å². The van der Waals surface area contributed by atoms with Crippen molar-refractivity contribution in [2.75, 3.05) is 22.7 Å². The molecular formula is C20H26N2O4S. The average Bonchev–Trinajstić information content (AvgIpc) is 2.63. The van der Waals surface area contributed by atoms with Gasteiger partial charge < -0.3 is 10.0 Å². The van der Waals surface area contributed by atoms with E-state index in [1.54, 1.807) is 18.2 Å². The highest BCUT2D eigenvalue weighted by Gasteiger charge is 2.19. The molecule has 7 heteroatoms. The molecule has 0 fully saturated rings. The molecular weight excluding hydrogens is 364 g/mol. The Morgan fingerprint density at radius 3 is 2.33 bits per heavy atom. The standard InChI is InChI=1S/C20H26N2O4S/c1-4-6-13-22(5-2)19-12-9-16(20(23)24)14-18(19)21-27(25,26)17-10-7-15(3)8-11-17/h7-12,14,21H,4-6,13H2,1-3H3,(H,23,24). The molecule has 0 aromatic heterocycles. The van der Waals surface area contributed by atoms with Crippen molar-refractivity contribution in [2.45, 2.75) is 38.5 Å². The van der Waals surface area contributed by atoms with Crippen LogP contribution in [-0.4, -0.2) is 32.6 Å². The Bertz CT molecular complexity index is 893. The van der Waals surface area contributed by atoms with Crippen molar-refractivity contribution in [3.8, 4) is 0 Å². The second-order valence-electron chi connectivity index (χ2n) is 6.39. The fraction of sp³-hybridized carbons (Fsp3) is 0.350. The first-order valence-corrected chi connectivity index (χ1v) is 10.5. The Labute approximate surface area is 160 Å². The second kappa shape index (κ2) is 8.90. The van der Waals surface area contributed by atoms with Crippen molar-refractivity contribution in [1.29, 1.82) is 0 Å². The van der Waals surface area contributed by atoms with Crippen molar-refractivity contribution in [3.63, 3.8) is 0 Å². The molecule has 0 aliphatic heterocycles. The number of hydrogen-bond acceptors (Lipinski definition) is 4. The van der Waals surface area contributed by atoms with Crippen LogP contribution in [0.4, 0.5) is 11.4 Å². The molecule has 2 aromatic rings. The summed E-state index contributed by atoms with van der Waals surface area (Å²) >= 11 is 0. The van der Waals surface area contributed by atoms with E-state index in [0.717, 1.165) is 24.9 Å². The third kappa shape index (κ3) is 5.23. The third-order valence-electron chi connectivity index (χ3n) is 4.32. The van der Waals surface area contributed by atoms with Crippen LogP contribution < -0.4 is 9.62 Å². The number of benzene rings is 2. The van der Waals surface area contributed by atoms with Gasteiger partial charge in [-0.2, -0.15) is 0 Å². The summed E-state index contributed by atoms with van der Waals surface area (Å²) in [4.78, 5) is 13.5. The molecule has 2 N–H and O–H groups in total. The first-order valence-electron chi connectivity index (χ1n) is 9.00. The Hall–Kier alpha value is -2.54. The minimum absolute atomic E-state index is 0.0342. The highest BCUT2D eigenvalue weighted by atomic mass is 32.2. The lowest BCUT2D eigenvalue weighted by Crippen LogP contribution is -2.26. The average molecular weight is 391 g/mol. The van der Waals surface area contributed by atoms with Crippen LogP contribution in [-0.2, 0) is 10.0 Å². The van der Waals surface area contributed by atoms with Crippen LogP contribution in [0.1, 0.15) is 42.6 Å². The highest BCUT2D eigenvalue weighted by molar-refractivity contribution is 7.92. The van der Waals surface area contributed by atoms with E-state index < -0.39 is 16.0 Å². The predicted octanol–water partition coefficient (Wildman–Crippen LogP) is 4.12. The van der Waals surface area contributed by atoms with Crippen LogP contribution in [0.3, 0.4) is 0 Å². The number of aromatic carboxylic acids is 1. The maximum atomic E-state index is 12.8. The van der Waals surface area contributed by atoms with Gasteiger partial charge in [-0.15, -0.1) is 0 Å². The number of nitrogens with one attached hydrogen (secondary N) is 1. The normalized spacial score (nSPS) is 11.2. The predicted molar refractivity (Wildman–Crippen MR) is 108 cm³/mol. The molecule has 0 spiro atoms. The summed E-state index contributed by atoms with van der Waals surface area (Å²) in [6.07, 6.45) is 1.97. The van der Waals surface area contributed by atoms with Crippen molar-refractivity contribution in [1.82, 2.24) is 0 Å². The first-order chi connectivity index (χ1) is 12.8. The number of carboxylic acid groups (broad SMARTS) is 1. The zero-order valence-corrected chi connectivity index (χ0v) is 16.7. The molecule has 0 saturated carbocycles. The van der Waals surface area contributed by atoms with Crippen LogP contribution in [0.15, 0.2) is 47.4 Å². The minimum atomic E-state index is -3.83. The fourth-order valence-electron chi connectivity index (χ4n) is 2.75. The number of unbranched alkanes of at least 4 members (excludes halogenated alkanes) is 1. The molecule has 27 heavy (non-hydrogen) atoms. The maximum Gasteiger partial charge on any atom is 0.335 e. The number of anilines is 2. The van der Waals surface area contributed by atoms with E-state index in [1.165, 1.54) is 24.3 Å². The SMILES string of the molecule is CCCCN(CC)c1ccc(C(=O)O)cc1NS(=O)(=O)c1ccc(C)cc1. The lowest BCUT2D eigenvalue weighted by Gasteiger charge is -2.26. The summed E-state index contributed by atoms with van der Waals surface area (Å²) < 4.78 is 28.2. The largest absolute Gasteiger partial charge is 0.478 e. The van der Waals surface area contributed by atoms with Crippen LogP contribution in [0, 0.1) is 6.92 Å². The van der Waals surface area contributed by atoms with Crippen molar-refractivity contribution < 1.29 is 18.3 Å². The molecule has 0 aliphatic carbocycles.